The Labute approximate surface area is 147 Å². The fourth-order valence-corrected chi connectivity index (χ4v) is 2.65. The van der Waals surface area contributed by atoms with Crippen LogP contribution in [0.3, 0.4) is 0 Å². The van der Waals surface area contributed by atoms with Crippen molar-refractivity contribution < 1.29 is 19.0 Å². The average molecular weight is 342 g/mol. The van der Waals surface area contributed by atoms with Crippen molar-refractivity contribution in [3.63, 3.8) is 0 Å². The molecule has 1 heterocycles. The van der Waals surface area contributed by atoms with Gasteiger partial charge in [0.05, 0.1) is 6.61 Å². The number of benzene rings is 2. The van der Waals surface area contributed by atoms with Gasteiger partial charge in [0.2, 0.25) is 6.79 Å². The van der Waals surface area contributed by atoms with E-state index in [4.69, 9.17) is 14.2 Å². The predicted molar refractivity (Wildman–Crippen MR) is 95.4 cm³/mol. The number of urea groups is 1. The van der Waals surface area contributed by atoms with Crippen LogP contribution in [-0.2, 0) is 6.54 Å². The Hall–Kier alpha value is -2.89. The summed E-state index contributed by atoms with van der Waals surface area (Å²) >= 11 is 0. The number of aryl methyl sites for hydroxylation is 1. The van der Waals surface area contributed by atoms with Crippen LogP contribution in [0.5, 0.6) is 17.2 Å². The SMILES string of the molecule is CCOc1ccc(NC(=O)N(C)Cc2ccc3c(c2)OCO3)cc1C. The minimum Gasteiger partial charge on any atom is -0.494 e. The van der Waals surface area contributed by atoms with Crippen LogP contribution in [0.2, 0.25) is 0 Å². The molecule has 0 bridgehead atoms. The van der Waals surface area contributed by atoms with Crippen molar-refractivity contribution in [3.8, 4) is 17.2 Å². The zero-order valence-corrected chi connectivity index (χ0v) is 14.7. The molecule has 3 rings (SSSR count). The van der Waals surface area contributed by atoms with E-state index in [1.54, 1.807) is 11.9 Å². The summed E-state index contributed by atoms with van der Waals surface area (Å²) in [6.45, 7) is 5.23. The van der Waals surface area contributed by atoms with Crippen LogP contribution < -0.4 is 19.5 Å². The third-order valence-corrected chi connectivity index (χ3v) is 3.93. The molecule has 0 saturated carbocycles. The van der Waals surface area contributed by atoms with E-state index < -0.39 is 0 Å². The summed E-state index contributed by atoms with van der Waals surface area (Å²) in [6, 6.07) is 11.1. The van der Waals surface area contributed by atoms with E-state index in [1.165, 1.54) is 0 Å². The fraction of sp³-hybridized carbons (Fsp3) is 0.316. The highest BCUT2D eigenvalue weighted by molar-refractivity contribution is 5.89. The highest BCUT2D eigenvalue weighted by Crippen LogP contribution is 2.32. The summed E-state index contributed by atoms with van der Waals surface area (Å²) in [5.41, 5.74) is 2.70. The normalized spacial score (nSPS) is 12.0. The Morgan fingerprint density at radius 3 is 2.76 bits per heavy atom. The van der Waals surface area contributed by atoms with Crippen LogP contribution in [0.25, 0.3) is 0 Å². The van der Waals surface area contributed by atoms with Gasteiger partial charge in [0.1, 0.15) is 5.75 Å². The Balaban J connectivity index is 1.62. The number of ether oxygens (including phenoxy) is 3. The molecule has 132 valence electrons. The Morgan fingerprint density at radius 1 is 1.20 bits per heavy atom. The summed E-state index contributed by atoms with van der Waals surface area (Å²) in [5.74, 6) is 2.28. The molecule has 6 heteroatoms. The number of nitrogens with one attached hydrogen (secondary N) is 1. The molecule has 25 heavy (non-hydrogen) atoms. The van der Waals surface area contributed by atoms with Crippen molar-refractivity contribution in [1.29, 1.82) is 0 Å². The van der Waals surface area contributed by atoms with Crippen LogP contribution in [0.1, 0.15) is 18.1 Å². The topological polar surface area (TPSA) is 60.0 Å². The third kappa shape index (κ3) is 3.96. The summed E-state index contributed by atoms with van der Waals surface area (Å²) in [6.07, 6.45) is 0. The van der Waals surface area contributed by atoms with E-state index in [-0.39, 0.29) is 12.8 Å². The van der Waals surface area contributed by atoms with Gasteiger partial charge in [-0.05, 0) is 55.3 Å². The van der Waals surface area contributed by atoms with Crippen molar-refractivity contribution in [2.45, 2.75) is 20.4 Å². The van der Waals surface area contributed by atoms with E-state index in [0.29, 0.717) is 18.9 Å². The second-order valence-electron chi connectivity index (χ2n) is 5.89. The van der Waals surface area contributed by atoms with E-state index in [1.807, 2.05) is 50.2 Å². The molecule has 1 aliphatic rings. The lowest BCUT2D eigenvalue weighted by molar-refractivity contribution is 0.174. The summed E-state index contributed by atoms with van der Waals surface area (Å²) in [5, 5.41) is 2.90. The number of carbonyl (C=O) groups is 1. The average Bonchev–Trinajstić information content (AvgIpc) is 3.05. The minimum atomic E-state index is -0.179. The van der Waals surface area contributed by atoms with E-state index in [2.05, 4.69) is 5.32 Å². The first-order valence-electron chi connectivity index (χ1n) is 8.21. The van der Waals surface area contributed by atoms with Crippen LogP contribution in [0, 0.1) is 6.92 Å². The zero-order valence-electron chi connectivity index (χ0n) is 14.7. The molecule has 2 aromatic rings. The molecule has 6 nitrogen and oxygen atoms in total. The van der Waals surface area contributed by atoms with Crippen LogP contribution in [0.4, 0.5) is 10.5 Å². The molecule has 0 atom stereocenters. The molecule has 0 unspecified atom stereocenters. The quantitative estimate of drug-likeness (QED) is 0.898. The predicted octanol–water partition coefficient (Wildman–Crippen LogP) is 3.79. The molecule has 0 spiro atoms. The van der Waals surface area contributed by atoms with Gasteiger partial charge < -0.3 is 24.4 Å². The van der Waals surface area contributed by atoms with E-state index in [9.17, 15) is 4.79 Å². The lowest BCUT2D eigenvalue weighted by atomic mass is 10.2. The third-order valence-electron chi connectivity index (χ3n) is 3.93. The summed E-state index contributed by atoms with van der Waals surface area (Å²) < 4.78 is 16.2. The second kappa shape index (κ2) is 7.34. The van der Waals surface area contributed by atoms with Crippen molar-refractivity contribution >= 4 is 11.7 Å². The van der Waals surface area contributed by atoms with Gasteiger partial charge in [-0.25, -0.2) is 4.79 Å². The van der Waals surface area contributed by atoms with Crippen molar-refractivity contribution in [3.05, 3.63) is 47.5 Å². The number of amides is 2. The van der Waals surface area contributed by atoms with Crippen molar-refractivity contribution in [2.75, 3.05) is 25.8 Å². The Bertz CT molecular complexity index is 776. The largest absolute Gasteiger partial charge is 0.494 e. The number of anilines is 1. The number of nitrogens with zero attached hydrogens (tertiary/aromatic N) is 1. The van der Waals surface area contributed by atoms with E-state index in [0.717, 1.165) is 28.3 Å². The molecule has 2 amide bonds. The van der Waals surface area contributed by atoms with Crippen LogP contribution in [-0.4, -0.2) is 31.4 Å². The lowest BCUT2D eigenvalue weighted by Gasteiger charge is -2.19. The summed E-state index contributed by atoms with van der Waals surface area (Å²) in [7, 11) is 1.75. The fourth-order valence-electron chi connectivity index (χ4n) is 2.65. The number of hydrogen-bond donors (Lipinski definition) is 1. The number of fused-ring (bicyclic) bond motifs is 1. The van der Waals surface area contributed by atoms with Crippen LogP contribution >= 0.6 is 0 Å². The van der Waals surface area contributed by atoms with Gasteiger partial charge in [-0.2, -0.15) is 0 Å². The van der Waals surface area contributed by atoms with E-state index >= 15 is 0 Å². The van der Waals surface area contributed by atoms with Gasteiger partial charge in [0.15, 0.2) is 11.5 Å². The lowest BCUT2D eigenvalue weighted by Crippen LogP contribution is -2.30. The first-order valence-corrected chi connectivity index (χ1v) is 8.21. The highest BCUT2D eigenvalue weighted by atomic mass is 16.7. The molecule has 0 aromatic heterocycles. The first-order chi connectivity index (χ1) is 12.1. The first kappa shape index (κ1) is 17.0. The molecule has 0 radical (unpaired) electrons. The number of hydrogen-bond acceptors (Lipinski definition) is 4. The molecule has 0 saturated heterocycles. The number of rotatable bonds is 5. The molecular formula is C19H22N2O4. The van der Waals surface area contributed by atoms with Gasteiger partial charge in [-0.15, -0.1) is 0 Å². The standard InChI is InChI=1S/C19H22N2O4/c1-4-23-16-8-6-15(9-13(16)2)20-19(22)21(3)11-14-5-7-17-18(10-14)25-12-24-17/h5-10H,4,11-12H2,1-3H3,(H,20,22). The van der Waals surface area contributed by atoms with Gasteiger partial charge in [0.25, 0.3) is 0 Å². The molecule has 1 N–H and O–H groups in total. The summed E-state index contributed by atoms with van der Waals surface area (Å²) in [4.78, 5) is 14.0. The Kier molecular flexibility index (Phi) is 4.97. The van der Waals surface area contributed by atoms with Crippen molar-refractivity contribution in [1.82, 2.24) is 4.90 Å². The monoisotopic (exact) mass is 342 g/mol. The molecular weight excluding hydrogens is 320 g/mol. The number of carbonyl (C=O) groups excluding carboxylic acids is 1. The van der Waals surface area contributed by atoms with Crippen LogP contribution in [0.15, 0.2) is 36.4 Å². The molecule has 1 aliphatic heterocycles. The molecule has 0 fully saturated rings. The van der Waals surface area contributed by atoms with Gasteiger partial charge >= 0.3 is 6.03 Å². The maximum atomic E-state index is 12.4. The van der Waals surface area contributed by atoms with Gasteiger partial charge in [-0.1, -0.05) is 6.07 Å². The maximum absolute atomic E-state index is 12.4. The molecule has 0 aliphatic carbocycles. The molecule has 2 aromatic carbocycles. The van der Waals surface area contributed by atoms with Crippen molar-refractivity contribution in [2.24, 2.45) is 0 Å². The Morgan fingerprint density at radius 2 is 2.00 bits per heavy atom. The van der Waals surface area contributed by atoms with Gasteiger partial charge in [-0.3, -0.25) is 0 Å². The second-order valence-corrected chi connectivity index (χ2v) is 5.89. The maximum Gasteiger partial charge on any atom is 0.321 e. The zero-order chi connectivity index (χ0) is 17.8. The minimum absolute atomic E-state index is 0.179. The van der Waals surface area contributed by atoms with Gasteiger partial charge in [0, 0.05) is 19.3 Å². The smallest absolute Gasteiger partial charge is 0.321 e. The highest BCUT2D eigenvalue weighted by Gasteiger charge is 2.15.